The van der Waals surface area contributed by atoms with Gasteiger partial charge in [0, 0.05) is 52.6 Å². The number of aromatic nitrogens is 4. The number of pyridine rings is 2. The Hall–Kier alpha value is -5.14. The largest absolute Gasteiger partial charge is 0.497 e. The topological polar surface area (TPSA) is 128 Å². The SMILES string of the molecule is C=[N+]1C[C@@H](CC)N(C(=O)OC(C)(C)C)[C@@H](C)C[C@H](C)Oc2nc(-c3c(Cl)c(N(Cc4ccc(OC)cc4)Cc4ccc(OC)cc4)nc(C)c3I)c(F)c3nc(OC[C@@]45CCCN4C[C@H](F)C5)nc1c23. The first-order valence-electron chi connectivity index (χ1n) is 23.9. The Bertz CT molecular complexity index is 2700. The molecule has 0 aliphatic carbocycles. The Morgan fingerprint density at radius 3 is 2.27 bits per heavy atom. The fourth-order valence-corrected chi connectivity index (χ4v) is 11.2. The molecule has 2 aromatic carbocycles. The van der Waals surface area contributed by atoms with Crippen molar-refractivity contribution in [2.24, 2.45) is 0 Å². The van der Waals surface area contributed by atoms with E-state index in [2.05, 4.69) is 34.2 Å². The first-order valence-corrected chi connectivity index (χ1v) is 25.3. The summed E-state index contributed by atoms with van der Waals surface area (Å²) in [6.45, 7) is 19.8. The van der Waals surface area contributed by atoms with Gasteiger partial charge in [-0.1, -0.05) is 42.8 Å². The van der Waals surface area contributed by atoms with Gasteiger partial charge in [-0.2, -0.15) is 4.98 Å². The molecule has 0 spiro atoms. The summed E-state index contributed by atoms with van der Waals surface area (Å²) >= 11 is 9.73. The number of alkyl halides is 1. The molecule has 2 fully saturated rings. The molecule has 0 bridgehead atoms. The van der Waals surface area contributed by atoms with Crippen LogP contribution in [0.3, 0.4) is 0 Å². The molecular weight excluding hydrogens is 1030 g/mol. The number of methoxy groups -OCH3 is 2. The number of carbonyl (C=O) groups is 1. The Labute approximate surface area is 427 Å². The number of nitrogens with zero attached hydrogens (tertiary/aromatic N) is 8. The maximum absolute atomic E-state index is 18.2. The molecule has 2 saturated heterocycles. The Kier molecular flexibility index (Phi) is 15.3. The molecule has 1 amide bonds. The van der Waals surface area contributed by atoms with E-state index in [1.807, 2.05) is 102 Å². The van der Waals surface area contributed by atoms with Crippen molar-refractivity contribution in [1.82, 2.24) is 29.7 Å². The van der Waals surface area contributed by atoms with E-state index in [9.17, 15) is 9.18 Å². The molecule has 18 heteroatoms. The number of anilines is 1. The minimum atomic E-state index is -0.986. The second kappa shape index (κ2) is 20.9. The minimum absolute atomic E-state index is 0.0490. The van der Waals surface area contributed by atoms with Gasteiger partial charge in [0.1, 0.15) is 53.5 Å². The van der Waals surface area contributed by atoms with Gasteiger partial charge in [-0.25, -0.2) is 28.1 Å². The van der Waals surface area contributed by atoms with Crippen LogP contribution in [0.15, 0.2) is 48.5 Å². The Morgan fingerprint density at radius 2 is 1.67 bits per heavy atom. The number of aryl methyl sites for hydroxylation is 1. The normalized spacial score (nSPS) is 21.8. The van der Waals surface area contributed by atoms with E-state index in [-0.39, 0.29) is 58.5 Å². The van der Waals surface area contributed by atoms with Crippen molar-refractivity contribution in [3.8, 4) is 34.6 Å². The monoisotopic (exact) mass is 1100 g/mol. The van der Waals surface area contributed by atoms with Crippen LogP contribution in [0.25, 0.3) is 22.2 Å². The molecule has 5 atom stereocenters. The number of halogens is 4. The van der Waals surface area contributed by atoms with Crippen LogP contribution in [0, 0.1) is 16.3 Å². The third kappa shape index (κ3) is 10.7. The Morgan fingerprint density at radius 1 is 1.03 bits per heavy atom. The highest BCUT2D eigenvalue weighted by Crippen LogP contribution is 2.46. The zero-order chi connectivity index (χ0) is 50.2. The van der Waals surface area contributed by atoms with Crippen molar-refractivity contribution < 1.29 is 41.8 Å². The van der Waals surface area contributed by atoms with Crippen molar-refractivity contribution in [3.63, 3.8) is 0 Å². The van der Waals surface area contributed by atoms with Gasteiger partial charge < -0.3 is 28.6 Å². The van der Waals surface area contributed by atoms with Crippen LogP contribution in [0.5, 0.6) is 23.4 Å². The van der Waals surface area contributed by atoms with Gasteiger partial charge in [0.25, 0.3) is 0 Å². The molecule has 0 unspecified atom stereocenters. The number of hydrogen-bond donors (Lipinski definition) is 0. The van der Waals surface area contributed by atoms with E-state index < -0.39 is 41.4 Å². The molecule has 3 aliphatic rings. The number of benzene rings is 2. The van der Waals surface area contributed by atoms with E-state index >= 15 is 4.39 Å². The highest BCUT2D eigenvalue weighted by atomic mass is 127. The summed E-state index contributed by atoms with van der Waals surface area (Å²) in [6, 6.07) is 14.6. The standard InChI is InChI=1S/C52H63ClF2IN8O6/c1-11-36-28-61(8)46-40-45(59-49(60-46)68-29-52-21-12-22-63(52)27-35(54)24-52)42(55)44(58-48(40)69-31(3)23-30(2)64(36)50(65)70-51(5,6)7)39-41(53)47(57-32(4)43(39)56)62(25-33-13-17-37(66-9)18-14-33)26-34-15-19-38(67-10)20-16-34/h13-20,30-31,35-36H,8,11-12,21-29H2,1-7,9-10H3/q+1/t30-,31-,35+,36+,52-/m0/s1. The second-order valence-electron chi connectivity index (χ2n) is 19.8. The van der Waals surface area contributed by atoms with Crippen LogP contribution in [-0.4, -0.2) is 123 Å². The highest BCUT2D eigenvalue weighted by molar-refractivity contribution is 14.1. The van der Waals surface area contributed by atoms with Crippen molar-refractivity contribution in [2.75, 3.05) is 45.4 Å². The molecule has 70 heavy (non-hydrogen) atoms. The number of hydrogen-bond acceptors (Lipinski definition) is 12. The zero-order valence-electron chi connectivity index (χ0n) is 41.5. The van der Waals surface area contributed by atoms with Crippen molar-refractivity contribution in [2.45, 2.75) is 129 Å². The van der Waals surface area contributed by atoms with Crippen LogP contribution in [0.2, 0.25) is 5.02 Å². The predicted octanol–water partition coefficient (Wildman–Crippen LogP) is 10.9. The molecule has 0 saturated carbocycles. The molecule has 14 nitrogen and oxygen atoms in total. The van der Waals surface area contributed by atoms with Crippen molar-refractivity contribution in [3.05, 3.63) is 79.8 Å². The predicted molar refractivity (Wildman–Crippen MR) is 276 cm³/mol. The van der Waals surface area contributed by atoms with E-state index in [0.717, 1.165) is 42.0 Å². The van der Waals surface area contributed by atoms with E-state index in [1.165, 1.54) is 0 Å². The number of ether oxygens (including phenoxy) is 5. The number of rotatable bonds is 12. The molecule has 3 aromatic heterocycles. The lowest BCUT2D eigenvalue weighted by Crippen LogP contribution is -2.51. The van der Waals surface area contributed by atoms with Crippen LogP contribution in [-0.2, 0) is 17.8 Å². The fraction of sp³-hybridized carbons (Fsp3) is 0.500. The molecule has 5 aromatic rings. The summed E-state index contributed by atoms with van der Waals surface area (Å²) in [5.41, 5.74) is 1.27. The molecule has 6 heterocycles. The van der Waals surface area contributed by atoms with Gasteiger partial charge in [0.2, 0.25) is 5.88 Å². The molecule has 0 radical (unpaired) electrons. The fourth-order valence-electron chi connectivity index (χ4n) is 10.1. The first-order chi connectivity index (χ1) is 33.3. The van der Waals surface area contributed by atoms with Crippen LogP contribution >= 0.6 is 34.2 Å². The molecule has 0 N–H and O–H groups in total. The first kappa shape index (κ1) is 51.2. The van der Waals surface area contributed by atoms with E-state index in [0.29, 0.717) is 59.5 Å². The third-order valence-corrected chi connectivity index (χ3v) is 15.1. The smallest absolute Gasteiger partial charge is 0.434 e. The van der Waals surface area contributed by atoms with Crippen molar-refractivity contribution in [1.29, 1.82) is 0 Å². The number of carbonyl (C=O) groups excluding carboxylic acids is 1. The summed E-state index contributed by atoms with van der Waals surface area (Å²) in [7, 11) is 3.24. The van der Waals surface area contributed by atoms with Gasteiger partial charge in [-0.05, 0) is 125 Å². The average Bonchev–Trinajstić information content (AvgIpc) is 3.85. The minimum Gasteiger partial charge on any atom is -0.497 e. The molecule has 3 aliphatic heterocycles. The summed E-state index contributed by atoms with van der Waals surface area (Å²) in [6.07, 6.45) is 0.859. The highest BCUT2D eigenvalue weighted by Gasteiger charge is 2.50. The lowest BCUT2D eigenvalue weighted by atomic mass is 9.95. The van der Waals surface area contributed by atoms with E-state index in [4.69, 9.17) is 55.2 Å². The maximum Gasteiger partial charge on any atom is 0.434 e. The summed E-state index contributed by atoms with van der Waals surface area (Å²) in [4.78, 5) is 39.8. The number of fused-ring (bicyclic) bond motifs is 1. The quantitative estimate of drug-likeness (QED) is 0.0872. The van der Waals surface area contributed by atoms with Gasteiger partial charge in [-0.15, -0.1) is 0 Å². The summed E-state index contributed by atoms with van der Waals surface area (Å²) in [5.74, 6) is 1.29. The maximum atomic E-state index is 18.2. The van der Waals surface area contributed by atoms with Gasteiger partial charge in [0.05, 0.1) is 49.3 Å². The summed E-state index contributed by atoms with van der Waals surface area (Å²) in [5, 5.41) is 0.339. The molecular formula is C52H63ClF2IN8O6+. The second-order valence-corrected chi connectivity index (χ2v) is 21.2. The van der Waals surface area contributed by atoms with Gasteiger partial charge >= 0.3 is 17.9 Å². The van der Waals surface area contributed by atoms with E-state index in [1.54, 1.807) is 23.7 Å². The van der Waals surface area contributed by atoms with Crippen LogP contribution in [0.4, 0.5) is 25.2 Å². The number of amides is 1. The third-order valence-electron chi connectivity index (χ3n) is 13.4. The lowest BCUT2D eigenvalue weighted by Gasteiger charge is -2.37. The van der Waals surface area contributed by atoms with Crippen LogP contribution < -0.4 is 23.8 Å². The average molecular weight is 1100 g/mol. The summed E-state index contributed by atoms with van der Waals surface area (Å²) < 4.78 is 65.5. The zero-order valence-corrected chi connectivity index (χ0v) is 44.4. The van der Waals surface area contributed by atoms with Gasteiger partial charge in [0.15, 0.2) is 11.2 Å². The lowest BCUT2D eigenvalue weighted by molar-refractivity contribution is -0.441. The van der Waals surface area contributed by atoms with Crippen molar-refractivity contribution >= 4 is 69.5 Å². The van der Waals surface area contributed by atoms with Crippen LogP contribution in [0.1, 0.15) is 90.5 Å². The van der Waals surface area contributed by atoms with Gasteiger partial charge in [-0.3, -0.25) is 9.80 Å². The molecule has 8 rings (SSSR count). The molecule has 374 valence electrons. The Balaban J connectivity index is 1.31.